The molecule has 0 spiro atoms. The summed E-state index contributed by atoms with van der Waals surface area (Å²) in [5.41, 5.74) is 3.82. The van der Waals surface area contributed by atoms with Crippen LogP contribution in [-0.4, -0.2) is 12.3 Å². The van der Waals surface area contributed by atoms with E-state index in [0.29, 0.717) is 13.3 Å². The summed E-state index contributed by atoms with van der Waals surface area (Å²) in [6.45, 7) is 4.93. The van der Waals surface area contributed by atoms with Crippen molar-refractivity contribution < 1.29 is 0 Å². The van der Waals surface area contributed by atoms with Gasteiger partial charge in [-0.1, -0.05) is 38.1 Å². The summed E-state index contributed by atoms with van der Waals surface area (Å²) >= 11 is 0. The molecular weight excluding hydrogens is 187 g/mol. The Bertz CT molecular complexity index is 371. The van der Waals surface area contributed by atoms with Crippen molar-refractivity contribution in [3.8, 4) is 0 Å². The first-order valence-corrected chi connectivity index (χ1v) is 7.40. The number of hydrogen-bond acceptors (Lipinski definition) is 0. The molecule has 0 saturated carbocycles. The highest BCUT2D eigenvalue weighted by atomic mass is 31.1. The van der Waals surface area contributed by atoms with Crippen LogP contribution in [0.3, 0.4) is 0 Å². The summed E-state index contributed by atoms with van der Waals surface area (Å²) < 4.78 is 0. The van der Waals surface area contributed by atoms with Crippen LogP contribution in [0.4, 0.5) is 0 Å². The third kappa shape index (κ3) is 1.04. The van der Waals surface area contributed by atoms with Crippen molar-refractivity contribution in [1.82, 2.24) is 0 Å². The van der Waals surface area contributed by atoms with Crippen molar-refractivity contribution in [3.63, 3.8) is 0 Å². The molecule has 2 heterocycles. The van der Waals surface area contributed by atoms with E-state index < -0.39 is 0 Å². The Labute approximate surface area is 87.5 Å². The Hall–Kier alpha value is -0.350. The Kier molecular flexibility index (Phi) is 1.80. The molecule has 1 fully saturated rings. The highest BCUT2D eigenvalue weighted by Crippen LogP contribution is 2.62. The van der Waals surface area contributed by atoms with Crippen LogP contribution in [-0.2, 0) is 11.6 Å². The van der Waals surface area contributed by atoms with Crippen LogP contribution in [0.15, 0.2) is 24.3 Å². The van der Waals surface area contributed by atoms with E-state index in [9.17, 15) is 0 Å². The number of hydrogen-bond donors (Lipinski definition) is 0. The first-order chi connectivity index (χ1) is 6.70. The average molecular weight is 204 g/mol. The fraction of sp³-hybridized carbons (Fsp3) is 0.538. The van der Waals surface area contributed by atoms with E-state index in [1.807, 2.05) is 0 Å². The normalized spacial score (nSPS) is 39.6. The van der Waals surface area contributed by atoms with E-state index in [1.54, 1.807) is 11.1 Å². The predicted octanol–water partition coefficient (Wildman–Crippen LogP) is 3.59. The van der Waals surface area contributed by atoms with E-state index in [4.69, 9.17) is 0 Å². The van der Waals surface area contributed by atoms with Gasteiger partial charge in [-0.15, -0.1) is 7.92 Å². The highest BCUT2D eigenvalue weighted by Gasteiger charge is 2.46. The summed E-state index contributed by atoms with van der Waals surface area (Å²) in [5.74, 6) is 0.900. The van der Waals surface area contributed by atoms with Gasteiger partial charge in [-0.25, -0.2) is 0 Å². The van der Waals surface area contributed by atoms with E-state index >= 15 is 0 Å². The third-order valence-corrected chi connectivity index (χ3v) is 7.15. The first kappa shape index (κ1) is 8.92. The molecular formula is C13H17P. The van der Waals surface area contributed by atoms with E-state index in [-0.39, 0.29) is 0 Å². The molecule has 1 aromatic carbocycles. The lowest BCUT2D eigenvalue weighted by atomic mass is 9.73. The lowest BCUT2D eigenvalue weighted by molar-refractivity contribution is 0.402. The van der Waals surface area contributed by atoms with Crippen molar-refractivity contribution in [3.05, 3.63) is 35.4 Å². The van der Waals surface area contributed by atoms with Crippen molar-refractivity contribution in [2.75, 3.05) is 12.3 Å². The Morgan fingerprint density at radius 2 is 2.14 bits per heavy atom. The van der Waals surface area contributed by atoms with Crippen LogP contribution in [0.2, 0.25) is 0 Å². The van der Waals surface area contributed by atoms with Crippen molar-refractivity contribution in [2.24, 2.45) is 5.92 Å². The fourth-order valence-electron chi connectivity index (χ4n) is 3.20. The van der Waals surface area contributed by atoms with Crippen LogP contribution in [0.25, 0.3) is 0 Å². The number of rotatable bonds is 0. The van der Waals surface area contributed by atoms with Gasteiger partial charge in [0.05, 0.1) is 0 Å². The predicted molar refractivity (Wildman–Crippen MR) is 63.3 cm³/mol. The van der Waals surface area contributed by atoms with Crippen LogP contribution < -0.4 is 0 Å². The van der Waals surface area contributed by atoms with Crippen LogP contribution in [0.5, 0.6) is 0 Å². The Morgan fingerprint density at radius 3 is 3.00 bits per heavy atom. The molecule has 3 unspecified atom stereocenters. The molecule has 2 aliphatic heterocycles. The standard InChI is InChI=1S/C13H17P/c1-10-7-14-8-11-5-3-4-6-12(11)13(10,2)9-14/h3-6,10H,7-9H2,1-2H3. The second-order valence-corrected chi connectivity index (χ2v) is 7.48. The summed E-state index contributed by atoms with van der Waals surface area (Å²) in [6, 6.07) is 9.13. The third-order valence-electron chi connectivity index (χ3n) is 4.20. The van der Waals surface area contributed by atoms with Crippen molar-refractivity contribution in [2.45, 2.75) is 25.4 Å². The molecule has 0 aliphatic carbocycles. The smallest absolute Gasteiger partial charge is 0.000418 e. The topological polar surface area (TPSA) is 0 Å². The molecule has 1 heteroatoms. The van der Waals surface area contributed by atoms with Gasteiger partial charge in [0.1, 0.15) is 0 Å². The van der Waals surface area contributed by atoms with Crippen molar-refractivity contribution >= 4 is 7.92 Å². The average Bonchev–Trinajstić information content (AvgIpc) is 2.39. The quantitative estimate of drug-likeness (QED) is 0.566. The van der Waals surface area contributed by atoms with E-state index in [2.05, 4.69) is 38.1 Å². The lowest BCUT2D eigenvalue weighted by Gasteiger charge is -2.34. The minimum absolute atomic E-state index is 0.330. The maximum absolute atomic E-state index is 2.48. The summed E-state index contributed by atoms with van der Waals surface area (Å²) in [6.07, 6.45) is 4.38. The van der Waals surface area contributed by atoms with Crippen LogP contribution in [0.1, 0.15) is 25.0 Å². The molecule has 2 bridgehead atoms. The molecule has 0 radical (unpaired) electrons. The Balaban J connectivity index is 2.19. The monoisotopic (exact) mass is 204 g/mol. The molecule has 3 rings (SSSR count). The molecule has 3 atom stereocenters. The lowest BCUT2D eigenvalue weighted by Crippen LogP contribution is -2.31. The van der Waals surface area contributed by atoms with Gasteiger partial charge in [-0.05, 0) is 40.9 Å². The molecule has 2 aliphatic rings. The summed E-state index contributed by atoms with van der Waals surface area (Å²) in [5, 5.41) is 0. The van der Waals surface area contributed by atoms with Gasteiger partial charge in [0.15, 0.2) is 0 Å². The second kappa shape index (κ2) is 2.83. The molecule has 1 aromatic rings. The van der Waals surface area contributed by atoms with Gasteiger partial charge in [-0.2, -0.15) is 0 Å². The zero-order valence-corrected chi connectivity index (χ0v) is 9.85. The van der Waals surface area contributed by atoms with E-state index in [0.717, 1.165) is 5.92 Å². The molecule has 14 heavy (non-hydrogen) atoms. The molecule has 74 valence electrons. The van der Waals surface area contributed by atoms with Crippen LogP contribution >= 0.6 is 7.92 Å². The van der Waals surface area contributed by atoms with Gasteiger partial charge < -0.3 is 0 Å². The number of benzene rings is 1. The van der Waals surface area contributed by atoms with Gasteiger partial charge in [0.25, 0.3) is 0 Å². The first-order valence-electron chi connectivity index (χ1n) is 5.51. The van der Waals surface area contributed by atoms with E-state index in [1.165, 1.54) is 18.5 Å². The molecule has 0 N–H and O–H groups in total. The second-order valence-electron chi connectivity index (χ2n) is 5.15. The molecule has 1 saturated heterocycles. The fourth-order valence-corrected chi connectivity index (χ4v) is 6.92. The van der Waals surface area contributed by atoms with Gasteiger partial charge in [0.2, 0.25) is 0 Å². The zero-order chi connectivity index (χ0) is 9.76. The van der Waals surface area contributed by atoms with Crippen molar-refractivity contribution in [1.29, 1.82) is 0 Å². The maximum Gasteiger partial charge on any atom is -0.000418 e. The largest absolute Gasteiger partial charge is 0.101 e. The molecule has 0 aromatic heterocycles. The van der Waals surface area contributed by atoms with Crippen LogP contribution in [0, 0.1) is 5.92 Å². The van der Waals surface area contributed by atoms with Gasteiger partial charge in [-0.3, -0.25) is 0 Å². The minimum Gasteiger partial charge on any atom is -0.101 e. The summed E-state index contributed by atoms with van der Waals surface area (Å²) in [7, 11) is 0.330. The van der Waals surface area contributed by atoms with Gasteiger partial charge >= 0.3 is 0 Å². The molecule has 0 nitrogen and oxygen atoms in total. The highest BCUT2D eigenvalue weighted by molar-refractivity contribution is 7.57. The SMILES string of the molecule is CC1CP2Cc3ccccc3C1(C)C2. The summed E-state index contributed by atoms with van der Waals surface area (Å²) in [4.78, 5) is 0. The van der Waals surface area contributed by atoms with Gasteiger partial charge in [0, 0.05) is 0 Å². The Morgan fingerprint density at radius 1 is 1.36 bits per heavy atom. The minimum atomic E-state index is 0.330. The molecule has 0 amide bonds. The number of fused-ring (bicyclic) bond motifs is 4. The maximum atomic E-state index is 2.48. The zero-order valence-electron chi connectivity index (χ0n) is 8.96.